The van der Waals surface area contributed by atoms with Crippen molar-refractivity contribution in [2.45, 2.75) is 13.5 Å². The van der Waals surface area contributed by atoms with Crippen molar-refractivity contribution >= 4 is 35.6 Å². The van der Waals surface area contributed by atoms with Gasteiger partial charge in [0.15, 0.2) is 29.0 Å². The Bertz CT molecular complexity index is 756. The standard InChI is InChI=1S/C18H22FN3O3.HI/c1-4-20-18(21-11-12-5-7-15(23)14(19)9-12)22-13-6-8-16(24-2)17(10-13)25-3;/h5-10,23H,4,11H2,1-3H3,(H2,20,21,22);1H. The molecule has 0 amide bonds. The second kappa shape index (κ2) is 10.7. The van der Waals surface area contributed by atoms with E-state index in [-0.39, 0.29) is 36.3 Å². The van der Waals surface area contributed by atoms with E-state index in [0.717, 1.165) is 5.69 Å². The van der Waals surface area contributed by atoms with Gasteiger partial charge in [0, 0.05) is 18.3 Å². The molecule has 0 radical (unpaired) electrons. The molecule has 2 aromatic carbocycles. The quantitative estimate of drug-likeness (QED) is 0.337. The molecule has 3 N–H and O–H groups in total. The number of halogens is 2. The molecule has 0 aromatic heterocycles. The molecule has 0 aliphatic heterocycles. The number of aliphatic imine (C=N–C) groups is 1. The number of nitrogens with zero attached hydrogens (tertiary/aromatic N) is 1. The number of rotatable bonds is 6. The van der Waals surface area contributed by atoms with Gasteiger partial charge in [0.2, 0.25) is 0 Å². The van der Waals surface area contributed by atoms with E-state index in [1.807, 2.05) is 13.0 Å². The van der Waals surface area contributed by atoms with Gasteiger partial charge in [-0.05, 0) is 36.8 Å². The van der Waals surface area contributed by atoms with E-state index in [0.29, 0.717) is 29.6 Å². The number of hydrogen-bond acceptors (Lipinski definition) is 4. The third kappa shape index (κ3) is 5.94. The maximum absolute atomic E-state index is 13.4. The van der Waals surface area contributed by atoms with Gasteiger partial charge in [-0.25, -0.2) is 9.38 Å². The van der Waals surface area contributed by atoms with Gasteiger partial charge in [-0.1, -0.05) is 6.07 Å². The highest BCUT2D eigenvalue weighted by Crippen LogP contribution is 2.29. The van der Waals surface area contributed by atoms with Gasteiger partial charge < -0.3 is 25.2 Å². The molecular formula is C18H23FIN3O3. The lowest BCUT2D eigenvalue weighted by Gasteiger charge is -2.14. The van der Waals surface area contributed by atoms with Crippen molar-refractivity contribution in [1.82, 2.24) is 5.32 Å². The minimum absolute atomic E-state index is 0. The lowest BCUT2D eigenvalue weighted by molar-refractivity contribution is 0.355. The average molecular weight is 475 g/mol. The van der Waals surface area contributed by atoms with Gasteiger partial charge in [-0.15, -0.1) is 24.0 Å². The number of phenols is 1. The molecule has 142 valence electrons. The van der Waals surface area contributed by atoms with Gasteiger partial charge >= 0.3 is 0 Å². The predicted octanol–water partition coefficient (Wildman–Crippen LogP) is 3.74. The molecule has 2 rings (SSSR count). The van der Waals surface area contributed by atoms with Crippen LogP contribution in [0.15, 0.2) is 41.4 Å². The van der Waals surface area contributed by atoms with E-state index in [2.05, 4.69) is 15.6 Å². The number of aromatic hydroxyl groups is 1. The van der Waals surface area contributed by atoms with E-state index < -0.39 is 5.82 Å². The van der Waals surface area contributed by atoms with Gasteiger partial charge in [-0.3, -0.25) is 0 Å². The van der Waals surface area contributed by atoms with Crippen molar-refractivity contribution in [1.29, 1.82) is 0 Å². The first-order valence-electron chi connectivity index (χ1n) is 7.82. The van der Waals surface area contributed by atoms with E-state index >= 15 is 0 Å². The van der Waals surface area contributed by atoms with Gasteiger partial charge in [0.1, 0.15) is 0 Å². The largest absolute Gasteiger partial charge is 0.505 e. The van der Waals surface area contributed by atoms with Crippen LogP contribution < -0.4 is 20.1 Å². The van der Waals surface area contributed by atoms with Crippen molar-refractivity contribution < 1.29 is 19.0 Å². The monoisotopic (exact) mass is 475 g/mol. The molecule has 0 atom stereocenters. The topological polar surface area (TPSA) is 75.1 Å². The maximum Gasteiger partial charge on any atom is 0.196 e. The molecule has 0 fully saturated rings. The van der Waals surface area contributed by atoms with Gasteiger partial charge in [-0.2, -0.15) is 0 Å². The molecule has 6 nitrogen and oxygen atoms in total. The summed E-state index contributed by atoms with van der Waals surface area (Å²) < 4.78 is 23.9. The van der Waals surface area contributed by atoms with E-state index in [9.17, 15) is 9.50 Å². The zero-order valence-electron chi connectivity index (χ0n) is 14.9. The molecule has 0 unspecified atom stereocenters. The molecule has 8 heteroatoms. The SMILES string of the molecule is CCNC(=NCc1ccc(O)c(F)c1)Nc1ccc(OC)c(OC)c1.I. The summed E-state index contributed by atoms with van der Waals surface area (Å²) in [6.45, 7) is 2.88. The van der Waals surface area contributed by atoms with Crippen LogP contribution in [-0.2, 0) is 6.54 Å². The fourth-order valence-corrected chi connectivity index (χ4v) is 2.18. The molecule has 26 heavy (non-hydrogen) atoms. The molecule has 0 spiro atoms. The molecule has 0 heterocycles. The number of anilines is 1. The zero-order chi connectivity index (χ0) is 18.2. The molecule has 0 saturated heterocycles. The first-order chi connectivity index (χ1) is 12.1. The molecule has 0 aliphatic rings. The molecule has 0 aliphatic carbocycles. The normalized spacial score (nSPS) is 10.7. The highest BCUT2D eigenvalue weighted by atomic mass is 127. The third-order valence-corrected chi connectivity index (χ3v) is 3.42. The first-order valence-corrected chi connectivity index (χ1v) is 7.82. The minimum Gasteiger partial charge on any atom is -0.505 e. The summed E-state index contributed by atoms with van der Waals surface area (Å²) in [6.07, 6.45) is 0. The van der Waals surface area contributed by atoms with Crippen molar-refractivity contribution in [3.05, 3.63) is 47.8 Å². The Morgan fingerprint density at radius 1 is 1.12 bits per heavy atom. The van der Waals surface area contributed by atoms with Crippen LogP contribution in [0.5, 0.6) is 17.2 Å². The number of benzene rings is 2. The number of hydrogen-bond donors (Lipinski definition) is 3. The van der Waals surface area contributed by atoms with E-state index in [4.69, 9.17) is 9.47 Å². The number of methoxy groups -OCH3 is 2. The van der Waals surface area contributed by atoms with Crippen molar-refractivity contribution in [2.24, 2.45) is 4.99 Å². The van der Waals surface area contributed by atoms with Crippen LogP contribution in [0.25, 0.3) is 0 Å². The minimum atomic E-state index is -0.662. The Balaban J connectivity index is 0.00000338. The summed E-state index contributed by atoms with van der Waals surface area (Å²) in [5.41, 5.74) is 1.43. The Labute approximate surface area is 169 Å². The van der Waals surface area contributed by atoms with Crippen molar-refractivity contribution in [2.75, 3.05) is 26.1 Å². The van der Waals surface area contributed by atoms with Crippen LogP contribution in [0.3, 0.4) is 0 Å². The summed E-state index contributed by atoms with van der Waals surface area (Å²) in [5, 5.41) is 15.5. The Kier molecular flexibility index (Phi) is 8.97. The lowest BCUT2D eigenvalue weighted by atomic mass is 10.2. The lowest BCUT2D eigenvalue weighted by Crippen LogP contribution is -2.30. The summed E-state index contributed by atoms with van der Waals surface area (Å²) in [7, 11) is 3.15. The summed E-state index contributed by atoms with van der Waals surface area (Å²) in [6, 6.07) is 9.63. The Hall–Kier alpha value is -2.23. The van der Waals surface area contributed by atoms with Crippen LogP contribution in [0, 0.1) is 5.82 Å². The highest BCUT2D eigenvalue weighted by Gasteiger charge is 2.07. The Morgan fingerprint density at radius 2 is 1.85 bits per heavy atom. The van der Waals surface area contributed by atoms with Gasteiger partial charge in [0.25, 0.3) is 0 Å². The number of phenolic OH excluding ortho intramolecular Hbond substituents is 1. The van der Waals surface area contributed by atoms with Gasteiger partial charge in [0.05, 0.1) is 20.8 Å². The van der Waals surface area contributed by atoms with Crippen LogP contribution in [0.4, 0.5) is 10.1 Å². The smallest absolute Gasteiger partial charge is 0.196 e. The molecule has 2 aromatic rings. The molecular weight excluding hydrogens is 452 g/mol. The first kappa shape index (κ1) is 21.8. The van der Waals surface area contributed by atoms with Crippen LogP contribution in [0.2, 0.25) is 0 Å². The Morgan fingerprint density at radius 3 is 2.46 bits per heavy atom. The number of ether oxygens (including phenoxy) is 2. The summed E-state index contributed by atoms with van der Waals surface area (Å²) in [5.74, 6) is 0.746. The number of nitrogens with one attached hydrogen (secondary N) is 2. The van der Waals surface area contributed by atoms with Crippen molar-refractivity contribution in [3.63, 3.8) is 0 Å². The second-order valence-electron chi connectivity index (χ2n) is 5.18. The summed E-state index contributed by atoms with van der Waals surface area (Å²) in [4.78, 5) is 4.42. The molecule has 0 saturated carbocycles. The van der Waals surface area contributed by atoms with Crippen LogP contribution in [-0.4, -0.2) is 31.8 Å². The van der Waals surface area contributed by atoms with Crippen LogP contribution in [0.1, 0.15) is 12.5 Å². The second-order valence-corrected chi connectivity index (χ2v) is 5.18. The maximum atomic E-state index is 13.4. The fraction of sp³-hybridized carbons (Fsp3) is 0.278. The summed E-state index contributed by atoms with van der Waals surface area (Å²) >= 11 is 0. The van der Waals surface area contributed by atoms with Crippen molar-refractivity contribution in [3.8, 4) is 17.2 Å². The van der Waals surface area contributed by atoms with Crippen LogP contribution >= 0.6 is 24.0 Å². The van der Waals surface area contributed by atoms with E-state index in [1.165, 1.54) is 12.1 Å². The third-order valence-electron chi connectivity index (χ3n) is 3.42. The van der Waals surface area contributed by atoms with E-state index in [1.54, 1.807) is 32.4 Å². The fourth-order valence-electron chi connectivity index (χ4n) is 2.18. The molecule has 0 bridgehead atoms. The predicted molar refractivity (Wildman–Crippen MR) is 111 cm³/mol. The zero-order valence-corrected chi connectivity index (χ0v) is 17.2. The highest BCUT2D eigenvalue weighted by molar-refractivity contribution is 14.0. The average Bonchev–Trinajstić information content (AvgIpc) is 2.62. The number of guanidine groups is 1.